The molecule has 2 atom stereocenters. The summed E-state index contributed by atoms with van der Waals surface area (Å²) < 4.78 is 0. The highest BCUT2D eigenvalue weighted by atomic mass is 16.3. The minimum Gasteiger partial charge on any atom is -0.507 e. The van der Waals surface area contributed by atoms with E-state index >= 15 is 0 Å². The average Bonchev–Trinajstić information content (AvgIpc) is 3.40. The summed E-state index contributed by atoms with van der Waals surface area (Å²) >= 11 is 0. The molecule has 3 rings (SSSR count). The summed E-state index contributed by atoms with van der Waals surface area (Å²) in [5.74, 6) is 0.776. The summed E-state index contributed by atoms with van der Waals surface area (Å²) in [5, 5.41) is 22.0. The molecule has 0 spiro atoms. The second kappa shape index (κ2) is 16.5. The Morgan fingerprint density at radius 2 is 1.00 bits per heavy atom. The monoisotopic (exact) mass is 532 g/mol. The number of phenols is 2. The summed E-state index contributed by atoms with van der Waals surface area (Å²) in [5.41, 5.74) is 6.36. The molecule has 0 heterocycles. The third-order valence-corrected chi connectivity index (χ3v) is 8.05. The molecular formula is C35H52N2O2. The van der Waals surface area contributed by atoms with E-state index in [9.17, 15) is 10.2 Å². The van der Waals surface area contributed by atoms with Crippen molar-refractivity contribution in [1.29, 1.82) is 0 Å². The highest BCUT2D eigenvalue weighted by molar-refractivity contribution is 5.85. The fraction of sp³-hybridized carbons (Fsp3) is 0.600. The van der Waals surface area contributed by atoms with Gasteiger partial charge in [-0.3, -0.25) is 9.98 Å². The van der Waals surface area contributed by atoms with Gasteiger partial charge in [-0.2, -0.15) is 0 Å². The largest absolute Gasteiger partial charge is 0.507 e. The first-order valence-corrected chi connectivity index (χ1v) is 15.8. The highest BCUT2D eigenvalue weighted by Crippen LogP contribution is 2.30. The maximum atomic E-state index is 11.0. The van der Waals surface area contributed by atoms with Crippen LogP contribution in [0.1, 0.15) is 132 Å². The molecule has 39 heavy (non-hydrogen) atoms. The Balaban J connectivity index is 1.81. The summed E-state index contributed by atoms with van der Waals surface area (Å²) in [4.78, 5) is 9.94. The SMILES string of the molecule is CCCCc1cc(/C=N/[C@H]2CCC[C@@H]2/N=C/c2cc(CCCC)cc(CCCC)c2O)c(O)c(CCCC)c1. The first-order valence-electron chi connectivity index (χ1n) is 15.8. The van der Waals surface area contributed by atoms with Gasteiger partial charge in [-0.05, 0) is 105 Å². The number of nitrogens with zero attached hydrogens (tertiary/aromatic N) is 2. The van der Waals surface area contributed by atoms with Crippen molar-refractivity contribution in [2.75, 3.05) is 0 Å². The van der Waals surface area contributed by atoms with Gasteiger partial charge in [0.15, 0.2) is 0 Å². The van der Waals surface area contributed by atoms with Crippen LogP contribution in [0.3, 0.4) is 0 Å². The molecule has 0 bridgehead atoms. The van der Waals surface area contributed by atoms with Gasteiger partial charge in [-0.25, -0.2) is 0 Å². The molecule has 4 nitrogen and oxygen atoms in total. The Hall–Kier alpha value is -2.62. The second-order valence-electron chi connectivity index (χ2n) is 11.4. The number of hydrogen-bond acceptors (Lipinski definition) is 4. The highest BCUT2D eigenvalue weighted by Gasteiger charge is 2.26. The molecule has 1 aliphatic rings. The van der Waals surface area contributed by atoms with E-state index in [1.807, 2.05) is 12.4 Å². The maximum Gasteiger partial charge on any atom is 0.127 e. The smallest absolute Gasteiger partial charge is 0.127 e. The third kappa shape index (κ3) is 9.22. The third-order valence-electron chi connectivity index (χ3n) is 8.05. The molecule has 1 fully saturated rings. The van der Waals surface area contributed by atoms with Crippen LogP contribution in [0.15, 0.2) is 34.3 Å². The van der Waals surface area contributed by atoms with Crippen molar-refractivity contribution in [2.24, 2.45) is 9.98 Å². The molecule has 0 saturated heterocycles. The van der Waals surface area contributed by atoms with Gasteiger partial charge in [0.2, 0.25) is 0 Å². The fourth-order valence-electron chi connectivity index (χ4n) is 5.56. The van der Waals surface area contributed by atoms with E-state index < -0.39 is 0 Å². The Bertz CT molecular complexity index is 1000. The average molecular weight is 533 g/mol. The molecule has 0 amide bonds. The number of rotatable bonds is 16. The zero-order valence-electron chi connectivity index (χ0n) is 25.0. The van der Waals surface area contributed by atoms with Gasteiger partial charge >= 0.3 is 0 Å². The van der Waals surface area contributed by atoms with E-state index in [0.717, 1.165) is 119 Å². The molecule has 2 aromatic rings. The minimum atomic E-state index is 0.101. The Morgan fingerprint density at radius 3 is 1.38 bits per heavy atom. The van der Waals surface area contributed by atoms with Gasteiger partial charge in [0.05, 0.1) is 12.1 Å². The number of benzene rings is 2. The van der Waals surface area contributed by atoms with Gasteiger partial charge in [-0.15, -0.1) is 0 Å². The van der Waals surface area contributed by atoms with E-state index in [-0.39, 0.29) is 12.1 Å². The van der Waals surface area contributed by atoms with Crippen LogP contribution >= 0.6 is 0 Å². The van der Waals surface area contributed by atoms with Crippen LogP contribution in [0.25, 0.3) is 0 Å². The van der Waals surface area contributed by atoms with Gasteiger partial charge in [0.25, 0.3) is 0 Å². The van der Waals surface area contributed by atoms with Crippen LogP contribution in [0.5, 0.6) is 11.5 Å². The van der Waals surface area contributed by atoms with Crippen molar-refractivity contribution >= 4 is 12.4 Å². The number of phenolic OH excluding ortho intramolecular Hbond substituents is 2. The lowest BCUT2D eigenvalue weighted by Gasteiger charge is -2.14. The molecule has 1 aliphatic carbocycles. The topological polar surface area (TPSA) is 65.2 Å². The van der Waals surface area contributed by atoms with E-state index in [0.29, 0.717) is 11.5 Å². The zero-order chi connectivity index (χ0) is 28.0. The quantitative estimate of drug-likeness (QED) is 0.212. The van der Waals surface area contributed by atoms with Crippen LogP contribution in [-0.2, 0) is 25.7 Å². The predicted octanol–water partition coefficient (Wildman–Crippen LogP) is 8.93. The van der Waals surface area contributed by atoms with Crippen LogP contribution in [0.2, 0.25) is 0 Å². The molecule has 2 N–H and O–H groups in total. The molecule has 0 aromatic heterocycles. The van der Waals surface area contributed by atoms with Crippen LogP contribution < -0.4 is 0 Å². The minimum absolute atomic E-state index is 0.101. The Morgan fingerprint density at radius 1 is 0.615 bits per heavy atom. The van der Waals surface area contributed by atoms with Crippen molar-refractivity contribution in [2.45, 2.75) is 136 Å². The first kappa shape index (κ1) is 30.9. The lowest BCUT2D eigenvalue weighted by Crippen LogP contribution is -2.16. The number of unbranched alkanes of at least 4 members (excludes halogenated alkanes) is 4. The maximum absolute atomic E-state index is 11.0. The lowest BCUT2D eigenvalue weighted by molar-refractivity contribution is 0.465. The van der Waals surface area contributed by atoms with E-state index in [1.165, 1.54) is 11.1 Å². The molecule has 214 valence electrons. The van der Waals surface area contributed by atoms with Crippen LogP contribution in [0, 0.1) is 0 Å². The zero-order valence-corrected chi connectivity index (χ0v) is 25.0. The molecule has 0 radical (unpaired) electrons. The number of aliphatic imine (C=N–C) groups is 2. The summed E-state index contributed by atoms with van der Waals surface area (Å²) in [7, 11) is 0. The Kier molecular flexibility index (Phi) is 13.1. The summed E-state index contributed by atoms with van der Waals surface area (Å²) in [6.45, 7) is 8.81. The van der Waals surface area contributed by atoms with Gasteiger partial charge in [0.1, 0.15) is 11.5 Å². The van der Waals surface area contributed by atoms with Gasteiger partial charge in [-0.1, -0.05) is 65.5 Å². The molecule has 2 aromatic carbocycles. The van der Waals surface area contributed by atoms with E-state index in [2.05, 4.69) is 52.0 Å². The van der Waals surface area contributed by atoms with Crippen molar-refractivity contribution in [3.8, 4) is 11.5 Å². The van der Waals surface area contributed by atoms with Crippen LogP contribution in [0.4, 0.5) is 0 Å². The second-order valence-corrected chi connectivity index (χ2v) is 11.4. The number of aromatic hydroxyl groups is 2. The lowest BCUT2D eigenvalue weighted by atomic mass is 9.97. The van der Waals surface area contributed by atoms with Crippen LogP contribution in [-0.4, -0.2) is 34.7 Å². The fourth-order valence-corrected chi connectivity index (χ4v) is 5.56. The number of aryl methyl sites for hydroxylation is 4. The predicted molar refractivity (Wildman–Crippen MR) is 167 cm³/mol. The Labute approximate surface area is 237 Å². The van der Waals surface area contributed by atoms with Crippen molar-refractivity contribution in [3.05, 3.63) is 57.6 Å². The van der Waals surface area contributed by atoms with Crippen molar-refractivity contribution < 1.29 is 10.2 Å². The molecule has 4 heteroatoms. The first-order chi connectivity index (χ1) is 19.0. The van der Waals surface area contributed by atoms with Gasteiger partial charge < -0.3 is 10.2 Å². The summed E-state index contributed by atoms with van der Waals surface area (Å²) in [6, 6.07) is 8.82. The summed E-state index contributed by atoms with van der Waals surface area (Å²) in [6.07, 6.45) is 19.8. The molecule has 0 unspecified atom stereocenters. The number of hydrogen-bond donors (Lipinski definition) is 2. The molecular weight excluding hydrogens is 480 g/mol. The van der Waals surface area contributed by atoms with Crippen molar-refractivity contribution in [1.82, 2.24) is 0 Å². The van der Waals surface area contributed by atoms with Gasteiger partial charge in [0, 0.05) is 23.6 Å². The van der Waals surface area contributed by atoms with Crippen molar-refractivity contribution in [3.63, 3.8) is 0 Å². The normalized spacial score (nSPS) is 17.6. The molecule has 1 saturated carbocycles. The molecule has 0 aliphatic heterocycles. The van der Waals surface area contributed by atoms with E-state index in [1.54, 1.807) is 0 Å². The standard InChI is InChI=1S/C35H52N2O2/c1-5-9-14-26-20-28(16-11-7-3)34(38)30(22-26)24-36-32-18-13-19-33(32)37-25-31-23-27(15-10-6-2)21-29(35(31)39)17-12-8-4/h20-25,32-33,38-39H,5-19H2,1-4H3/b36-24+,37-25+/t32-,33-/m0/s1. The van der Waals surface area contributed by atoms with E-state index in [4.69, 9.17) is 9.98 Å².